The Kier molecular flexibility index (Phi) is 3.48. The van der Waals surface area contributed by atoms with Gasteiger partial charge in [-0.3, -0.25) is 10.1 Å². The number of nitro groups is 1. The van der Waals surface area contributed by atoms with Gasteiger partial charge in [0.2, 0.25) is 0 Å². The SMILES string of the molecule is Cc1ccc(NC2CCOc3ccccc32)c([N+](=O)[O-])c1. The van der Waals surface area contributed by atoms with E-state index in [4.69, 9.17) is 4.74 Å². The maximum atomic E-state index is 11.2. The summed E-state index contributed by atoms with van der Waals surface area (Å²) in [7, 11) is 0. The van der Waals surface area contributed by atoms with Crippen molar-refractivity contribution in [3.8, 4) is 5.75 Å². The van der Waals surface area contributed by atoms with Gasteiger partial charge in [0.25, 0.3) is 5.69 Å². The number of rotatable bonds is 3. The third kappa shape index (κ3) is 2.67. The Morgan fingerprint density at radius 2 is 2.10 bits per heavy atom. The van der Waals surface area contributed by atoms with Crippen LogP contribution < -0.4 is 10.1 Å². The van der Waals surface area contributed by atoms with Crippen LogP contribution in [-0.2, 0) is 0 Å². The summed E-state index contributed by atoms with van der Waals surface area (Å²) in [4.78, 5) is 10.9. The molecule has 1 aliphatic rings. The van der Waals surface area contributed by atoms with E-state index in [0.29, 0.717) is 12.3 Å². The topological polar surface area (TPSA) is 64.4 Å². The fourth-order valence-corrected chi connectivity index (χ4v) is 2.59. The fourth-order valence-electron chi connectivity index (χ4n) is 2.59. The molecule has 0 bridgehead atoms. The third-order valence-corrected chi connectivity index (χ3v) is 3.64. The summed E-state index contributed by atoms with van der Waals surface area (Å²) in [5.74, 6) is 0.844. The average Bonchev–Trinajstić information content (AvgIpc) is 2.49. The molecular formula is C16H16N2O3. The van der Waals surface area contributed by atoms with Crippen LogP contribution in [0.4, 0.5) is 11.4 Å². The molecule has 3 rings (SSSR count). The van der Waals surface area contributed by atoms with Gasteiger partial charge in [-0.1, -0.05) is 24.3 Å². The first-order valence-electron chi connectivity index (χ1n) is 6.88. The van der Waals surface area contributed by atoms with E-state index in [2.05, 4.69) is 5.32 Å². The zero-order valence-electron chi connectivity index (χ0n) is 11.7. The summed E-state index contributed by atoms with van der Waals surface area (Å²) < 4.78 is 5.61. The van der Waals surface area contributed by atoms with E-state index in [-0.39, 0.29) is 16.7 Å². The molecule has 0 saturated carbocycles. The lowest BCUT2D eigenvalue weighted by atomic mass is 10.00. The molecule has 1 atom stereocenters. The van der Waals surface area contributed by atoms with Gasteiger partial charge >= 0.3 is 0 Å². The van der Waals surface area contributed by atoms with Crippen LogP contribution in [0, 0.1) is 17.0 Å². The zero-order chi connectivity index (χ0) is 14.8. The van der Waals surface area contributed by atoms with Crippen LogP contribution in [0.5, 0.6) is 5.75 Å². The van der Waals surface area contributed by atoms with Crippen LogP contribution in [0.15, 0.2) is 42.5 Å². The van der Waals surface area contributed by atoms with E-state index in [1.54, 1.807) is 12.1 Å². The van der Waals surface area contributed by atoms with Crippen molar-refractivity contribution in [2.24, 2.45) is 0 Å². The summed E-state index contributed by atoms with van der Waals surface area (Å²) in [5, 5.41) is 14.5. The maximum absolute atomic E-state index is 11.2. The van der Waals surface area contributed by atoms with Crippen molar-refractivity contribution in [3.63, 3.8) is 0 Å². The largest absolute Gasteiger partial charge is 0.493 e. The first-order valence-corrected chi connectivity index (χ1v) is 6.88. The third-order valence-electron chi connectivity index (χ3n) is 3.64. The summed E-state index contributed by atoms with van der Waals surface area (Å²) in [6.45, 7) is 2.45. The van der Waals surface area contributed by atoms with Crippen molar-refractivity contribution in [1.29, 1.82) is 0 Å². The molecule has 0 amide bonds. The molecule has 2 aromatic carbocycles. The van der Waals surface area contributed by atoms with Gasteiger partial charge in [0.1, 0.15) is 11.4 Å². The molecule has 2 aromatic rings. The number of anilines is 1. The number of nitrogens with zero attached hydrogens (tertiary/aromatic N) is 1. The van der Waals surface area contributed by atoms with E-state index in [1.807, 2.05) is 37.3 Å². The maximum Gasteiger partial charge on any atom is 0.292 e. The lowest BCUT2D eigenvalue weighted by Crippen LogP contribution is -2.20. The van der Waals surface area contributed by atoms with Crippen molar-refractivity contribution >= 4 is 11.4 Å². The second kappa shape index (κ2) is 5.44. The van der Waals surface area contributed by atoms with Gasteiger partial charge in [-0.25, -0.2) is 0 Å². The number of aryl methyl sites for hydroxylation is 1. The van der Waals surface area contributed by atoms with Gasteiger partial charge in [0, 0.05) is 18.1 Å². The minimum absolute atomic E-state index is 0.0244. The average molecular weight is 284 g/mol. The van der Waals surface area contributed by atoms with Gasteiger partial charge in [0.15, 0.2) is 0 Å². The van der Waals surface area contributed by atoms with Crippen molar-refractivity contribution in [1.82, 2.24) is 0 Å². The van der Waals surface area contributed by atoms with Crippen molar-refractivity contribution in [3.05, 3.63) is 63.7 Å². The summed E-state index contributed by atoms with van der Waals surface area (Å²) >= 11 is 0. The minimum atomic E-state index is -0.347. The number of ether oxygens (including phenoxy) is 1. The molecular weight excluding hydrogens is 268 g/mol. The molecule has 1 unspecified atom stereocenters. The smallest absolute Gasteiger partial charge is 0.292 e. The van der Waals surface area contributed by atoms with E-state index >= 15 is 0 Å². The molecule has 0 aliphatic carbocycles. The standard InChI is InChI=1S/C16H16N2O3/c1-11-6-7-14(15(10-11)18(19)20)17-13-8-9-21-16-5-3-2-4-12(13)16/h2-7,10,13,17H,8-9H2,1H3. The molecule has 1 N–H and O–H groups in total. The molecule has 1 aliphatic heterocycles. The number of benzene rings is 2. The second-order valence-electron chi connectivity index (χ2n) is 5.15. The molecule has 0 saturated heterocycles. The Morgan fingerprint density at radius 1 is 1.29 bits per heavy atom. The molecule has 21 heavy (non-hydrogen) atoms. The van der Waals surface area contributed by atoms with Crippen molar-refractivity contribution in [2.75, 3.05) is 11.9 Å². The predicted octanol–water partition coefficient (Wildman–Crippen LogP) is 3.84. The number of para-hydroxylation sites is 1. The van der Waals surface area contributed by atoms with E-state index in [9.17, 15) is 10.1 Å². The summed E-state index contributed by atoms with van der Waals surface area (Å²) in [6, 6.07) is 13.1. The molecule has 5 heteroatoms. The molecule has 1 heterocycles. The highest BCUT2D eigenvalue weighted by molar-refractivity contribution is 5.64. The number of hydrogen-bond acceptors (Lipinski definition) is 4. The predicted molar refractivity (Wildman–Crippen MR) is 80.8 cm³/mol. The van der Waals surface area contributed by atoms with Gasteiger partial charge in [0.05, 0.1) is 17.6 Å². The Labute approximate surface area is 122 Å². The molecule has 0 fully saturated rings. The summed E-state index contributed by atoms with van der Waals surface area (Å²) in [5.41, 5.74) is 2.57. The Bertz CT molecular complexity index is 685. The number of nitro benzene ring substituents is 1. The highest BCUT2D eigenvalue weighted by atomic mass is 16.6. The van der Waals surface area contributed by atoms with E-state index in [0.717, 1.165) is 23.3 Å². The zero-order valence-corrected chi connectivity index (χ0v) is 11.7. The van der Waals surface area contributed by atoms with Gasteiger partial charge in [-0.2, -0.15) is 0 Å². The quantitative estimate of drug-likeness (QED) is 0.687. The fraction of sp³-hybridized carbons (Fsp3) is 0.250. The van der Waals surface area contributed by atoms with Crippen LogP contribution in [-0.4, -0.2) is 11.5 Å². The molecule has 0 aromatic heterocycles. The molecule has 5 nitrogen and oxygen atoms in total. The van der Waals surface area contributed by atoms with Crippen LogP contribution in [0.2, 0.25) is 0 Å². The monoisotopic (exact) mass is 284 g/mol. The van der Waals surface area contributed by atoms with Crippen LogP contribution in [0.3, 0.4) is 0 Å². The minimum Gasteiger partial charge on any atom is -0.493 e. The lowest BCUT2D eigenvalue weighted by Gasteiger charge is -2.27. The Morgan fingerprint density at radius 3 is 2.90 bits per heavy atom. The highest BCUT2D eigenvalue weighted by Gasteiger charge is 2.23. The first kappa shape index (κ1) is 13.4. The van der Waals surface area contributed by atoms with Gasteiger partial charge in [-0.05, 0) is 24.6 Å². The van der Waals surface area contributed by atoms with Crippen LogP contribution in [0.25, 0.3) is 0 Å². The number of nitrogens with one attached hydrogen (secondary N) is 1. The number of fused-ring (bicyclic) bond motifs is 1. The molecule has 108 valence electrons. The summed E-state index contributed by atoms with van der Waals surface area (Å²) in [6.07, 6.45) is 0.780. The Hall–Kier alpha value is -2.56. The number of hydrogen-bond donors (Lipinski definition) is 1. The molecule has 0 radical (unpaired) electrons. The van der Waals surface area contributed by atoms with Crippen LogP contribution in [0.1, 0.15) is 23.6 Å². The van der Waals surface area contributed by atoms with E-state index in [1.165, 1.54) is 0 Å². The normalized spacial score (nSPS) is 16.7. The molecule has 0 spiro atoms. The Balaban J connectivity index is 1.93. The highest BCUT2D eigenvalue weighted by Crippen LogP contribution is 2.36. The lowest BCUT2D eigenvalue weighted by molar-refractivity contribution is -0.384. The van der Waals surface area contributed by atoms with Crippen LogP contribution >= 0.6 is 0 Å². The van der Waals surface area contributed by atoms with E-state index < -0.39 is 0 Å². The van der Waals surface area contributed by atoms with Gasteiger partial charge < -0.3 is 10.1 Å². The van der Waals surface area contributed by atoms with Crippen molar-refractivity contribution < 1.29 is 9.66 Å². The van der Waals surface area contributed by atoms with Gasteiger partial charge in [-0.15, -0.1) is 0 Å². The first-order chi connectivity index (χ1) is 10.1. The van der Waals surface area contributed by atoms with Crippen molar-refractivity contribution in [2.45, 2.75) is 19.4 Å². The second-order valence-corrected chi connectivity index (χ2v) is 5.15.